The van der Waals surface area contributed by atoms with Gasteiger partial charge in [0.2, 0.25) is 0 Å². The predicted octanol–water partition coefficient (Wildman–Crippen LogP) is 2.20. The molecule has 1 aromatic rings. The van der Waals surface area contributed by atoms with Crippen LogP contribution in [0, 0.1) is 23.7 Å². The van der Waals surface area contributed by atoms with Crippen LogP contribution in [0.3, 0.4) is 0 Å². The summed E-state index contributed by atoms with van der Waals surface area (Å²) in [5, 5.41) is 9.89. The van der Waals surface area contributed by atoms with Gasteiger partial charge in [0, 0.05) is 10.6 Å². The zero-order chi connectivity index (χ0) is 13.3. The molecule has 1 aliphatic heterocycles. The van der Waals surface area contributed by atoms with Crippen LogP contribution in [0.25, 0.3) is 0 Å². The largest absolute Gasteiger partial charge is 0.496 e. The van der Waals surface area contributed by atoms with Crippen LogP contribution in [-0.2, 0) is 4.74 Å². The van der Waals surface area contributed by atoms with E-state index in [0.717, 1.165) is 11.1 Å². The molecule has 2 rings (SSSR count). The lowest BCUT2D eigenvalue weighted by atomic mass is 9.76. The van der Waals surface area contributed by atoms with Crippen LogP contribution >= 0.6 is 11.6 Å². The lowest BCUT2D eigenvalue weighted by molar-refractivity contribution is -0.0912. The summed E-state index contributed by atoms with van der Waals surface area (Å²) < 4.78 is 10.4. The number of hydrogen-bond acceptors (Lipinski definition) is 4. The van der Waals surface area contributed by atoms with Crippen molar-refractivity contribution >= 4 is 11.6 Å². The van der Waals surface area contributed by atoms with Crippen LogP contribution in [0.1, 0.15) is 17.2 Å². The molecule has 1 aromatic carbocycles. The first kappa shape index (κ1) is 13.2. The molecular formula is C13H15ClN2O2. The molecule has 0 spiro atoms. The van der Waals surface area contributed by atoms with Crippen LogP contribution in [-0.4, -0.2) is 20.3 Å². The Morgan fingerprint density at radius 3 is 2.67 bits per heavy atom. The summed E-state index contributed by atoms with van der Waals surface area (Å²) in [5.41, 5.74) is 7.19. The van der Waals surface area contributed by atoms with Crippen molar-refractivity contribution in [2.45, 2.75) is 13.0 Å². The molecule has 0 aromatic heterocycles. The summed E-state index contributed by atoms with van der Waals surface area (Å²) in [4.78, 5) is 0. The van der Waals surface area contributed by atoms with E-state index in [1.807, 2.05) is 13.0 Å². The number of halogens is 1. The maximum absolute atomic E-state index is 9.27. The fourth-order valence-corrected chi connectivity index (χ4v) is 2.20. The zero-order valence-corrected chi connectivity index (χ0v) is 11.1. The Balaban J connectivity index is 2.44. The van der Waals surface area contributed by atoms with Gasteiger partial charge < -0.3 is 15.2 Å². The van der Waals surface area contributed by atoms with Gasteiger partial charge in [0.25, 0.3) is 0 Å². The highest BCUT2D eigenvalue weighted by Crippen LogP contribution is 2.42. The second kappa shape index (κ2) is 4.77. The van der Waals surface area contributed by atoms with E-state index in [-0.39, 0.29) is 0 Å². The molecule has 1 unspecified atom stereocenters. The second-order valence-corrected chi connectivity index (χ2v) is 4.99. The maximum Gasteiger partial charge on any atom is 0.124 e. The van der Waals surface area contributed by atoms with E-state index in [1.165, 1.54) is 0 Å². The van der Waals surface area contributed by atoms with Crippen LogP contribution in [0.2, 0.25) is 5.02 Å². The summed E-state index contributed by atoms with van der Waals surface area (Å²) in [7, 11) is 1.58. The van der Waals surface area contributed by atoms with Gasteiger partial charge in [-0.25, -0.2) is 0 Å². The molecule has 0 saturated carbocycles. The van der Waals surface area contributed by atoms with E-state index >= 15 is 0 Å². The Bertz CT molecular complexity index is 506. The summed E-state index contributed by atoms with van der Waals surface area (Å²) in [5.74, 6) is 0.658. The van der Waals surface area contributed by atoms with Gasteiger partial charge in [-0.3, -0.25) is 0 Å². The molecule has 96 valence electrons. The standard InChI is InChI=1S/C13H15ClN2O2/c1-8-3-11(17-2)9(4-10(8)14)12(16)13(5-15)6-18-7-13/h3-4,12H,6-7,16H2,1-2H3. The summed E-state index contributed by atoms with van der Waals surface area (Å²) in [6, 6.07) is 5.39. The molecule has 1 saturated heterocycles. The quantitative estimate of drug-likeness (QED) is 0.911. The van der Waals surface area contributed by atoms with Crippen LogP contribution < -0.4 is 10.5 Å². The molecule has 2 N–H and O–H groups in total. The van der Waals surface area contributed by atoms with Crippen molar-refractivity contribution in [3.63, 3.8) is 0 Å². The predicted molar refractivity (Wildman–Crippen MR) is 68.5 cm³/mol. The fourth-order valence-electron chi connectivity index (χ4n) is 2.02. The number of aryl methyl sites for hydroxylation is 1. The van der Waals surface area contributed by atoms with Crippen LogP contribution in [0.4, 0.5) is 0 Å². The molecule has 1 heterocycles. The minimum absolute atomic E-state index is 0.347. The van der Waals surface area contributed by atoms with Gasteiger partial charge in [0.05, 0.1) is 32.4 Å². The fraction of sp³-hybridized carbons (Fsp3) is 0.462. The lowest BCUT2D eigenvalue weighted by Gasteiger charge is -2.40. The molecule has 4 nitrogen and oxygen atoms in total. The van der Waals surface area contributed by atoms with Crippen molar-refractivity contribution in [3.05, 3.63) is 28.3 Å². The number of rotatable bonds is 3. The first-order valence-corrected chi connectivity index (χ1v) is 6.00. The number of methoxy groups -OCH3 is 1. The molecule has 1 aliphatic rings. The highest BCUT2D eigenvalue weighted by Gasteiger charge is 2.46. The summed E-state index contributed by atoms with van der Waals surface area (Å²) >= 11 is 6.12. The first-order chi connectivity index (χ1) is 8.54. The Morgan fingerprint density at radius 1 is 1.56 bits per heavy atom. The topological polar surface area (TPSA) is 68.3 Å². The monoisotopic (exact) mass is 266 g/mol. The van der Waals surface area contributed by atoms with Gasteiger partial charge in [0.1, 0.15) is 11.2 Å². The average Bonchev–Trinajstić information content (AvgIpc) is 2.31. The van der Waals surface area contributed by atoms with Crippen LogP contribution in [0.15, 0.2) is 12.1 Å². The number of nitrogens with two attached hydrogens (primary N) is 1. The Hall–Kier alpha value is -1.28. The van der Waals surface area contributed by atoms with Gasteiger partial charge >= 0.3 is 0 Å². The maximum atomic E-state index is 9.27. The minimum Gasteiger partial charge on any atom is -0.496 e. The molecule has 0 aliphatic carbocycles. The smallest absolute Gasteiger partial charge is 0.124 e. The third-order valence-electron chi connectivity index (χ3n) is 3.38. The summed E-state index contributed by atoms with van der Waals surface area (Å²) in [6.45, 7) is 2.59. The average molecular weight is 267 g/mol. The van der Waals surface area contributed by atoms with E-state index < -0.39 is 11.5 Å². The van der Waals surface area contributed by atoms with E-state index in [1.54, 1.807) is 13.2 Å². The molecule has 0 radical (unpaired) electrons. The number of ether oxygens (including phenoxy) is 2. The van der Waals surface area contributed by atoms with E-state index in [4.69, 9.17) is 26.8 Å². The third kappa shape index (κ3) is 1.95. The molecule has 18 heavy (non-hydrogen) atoms. The van der Waals surface area contributed by atoms with Crippen molar-refractivity contribution in [1.82, 2.24) is 0 Å². The Labute approximate surface area is 111 Å². The van der Waals surface area contributed by atoms with E-state index in [2.05, 4.69) is 6.07 Å². The molecule has 1 fully saturated rings. The molecule has 5 heteroatoms. The van der Waals surface area contributed by atoms with Crippen molar-refractivity contribution in [2.24, 2.45) is 11.1 Å². The third-order valence-corrected chi connectivity index (χ3v) is 3.79. The van der Waals surface area contributed by atoms with Gasteiger partial charge in [0.15, 0.2) is 0 Å². The number of hydrogen-bond donors (Lipinski definition) is 1. The van der Waals surface area contributed by atoms with Gasteiger partial charge in [-0.05, 0) is 24.6 Å². The van der Waals surface area contributed by atoms with Crippen LogP contribution in [0.5, 0.6) is 5.75 Å². The SMILES string of the molecule is COc1cc(C)c(Cl)cc1C(N)C1(C#N)COC1. The van der Waals surface area contributed by atoms with Gasteiger partial charge in [-0.15, -0.1) is 0 Å². The Kier molecular flexibility index (Phi) is 3.49. The zero-order valence-electron chi connectivity index (χ0n) is 10.4. The minimum atomic E-state index is -0.675. The number of benzene rings is 1. The Morgan fingerprint density at radius 2 is 2.22 bits per heavy atom. The molecular weight excluding hydrogens is 252 g/mol. The van der Waals surface area contributed by atoms with Crippen molar-refractivity contribution in [1.29, 1.82) is 5.26 Å². The van der Waals surface area contributed by atoms with E-state index in [0.29, 0.717) is 24.0 Å². The van der Waals surface area contributed by atoms with Crippen molar-refractivity contribution < 1.29 is 9.47 Å². The number of nitriles is 1. The van der Waals surface area contributed by atoms with Crippen molar-refractivity contribution in [2.75, 3.05) is 20.3 Å². The molecule has 0 amide bonds. The number of nitrogens with zero attached hydrogens (tertiary/aromatic N) is 1. The second-order valence-electron chi connectivity index (χ2n) is 4.58. The molecule has 1 atom stereocenters. The highest BCUT2D eigenvalue weighted by atomic mass is 35.5. The first-order valence-electron chi connectivity index (χ1n) is 5.62. The van der Waals surface area contributed by atoms with Crippen molar-refractivity contribution in [3.8, 4) is 11.8 Å². The van der Waals surface area contributed by atoms with Gasteiger partial charge in [-0.1, -0.05) is 11.6 Å². The summed E-state index contributed by atoms with van der Waals surface area (Å²) in [6.07, 6.45) is 0. The molecule has 0 bridgehead atoms. The highest BCUT2D eigenvalue weighted by molar-refractivity contribution is 6.31. The lowest BCUT2D eigenvalue weighted by Crippen LogP contribution is -2.49. The van der Waals surface area contributed by atoms with E-state index in [9.17, 15) is 5.26 Å². The normalized spacial score (nSPS) is 18.6. The van der Waals surface area contributed by atoms with Gasteiger partial charge in [-0.2, -0.15) is 5.26 Å².